The Hall–Kier alpha value is -0.890. The van der Waals surface area contributed by atoms with Crippen molar-refractivity contribution in [1.29, 1.82) is 0 Å². The van der Waals surface area contributed by atoms with Crippen LogP contribution in [0.25, 0.3) is 0 Å². The second-order valence-electron chi connectivity index (χ2n) is 4.39. The SMILES string of the molecule is CC1CCC(CF)N1Cc1ccccc1. The van der Waals surface area contributed by atoms with Crippen molar-refractivity contribution in [3.05, 3.63) is 35.9 Å². The Labute approximate surface area is 90.9 Å². The summed E-state index contributed by atoms with van der Waals surface area (Å²) in [6.45, 7) is 2.87. The number of halogens is 1. The van der Waals surface area contributed by atoms with Gasteiger partial charge < -0.3 is 0 Å². The van der Waals surface area contributed by atoms with Crippen LogP contribution < -0.4 is 0 Å². The molecule has 0 N–H and O–H groups in total. The molecular weight excluding hydrogens is 189 g/mol. The highest BCUT2D eigenvalue weighted by Gasteiger charge is 2.30. The van der Waals surface area contributed by atoms with E-state index in [1.54, 1.807) is 0 Å². The zero-order chi connectivity index (χ0) is 10.7. The quantitative estimate of drug-likeness (QED) is 0.736. The Morgan fingerprint density at radius 3 is 2.67 bits per heavy atom. The fourth-order valence-electron chi connectivity index (χ4n) is 2.37. The van der Waals surface area contributed by atoms with Crippen LogP contribution in [0.1, 0.15) is 25.3 Å². The summed E-state index contributed by atoms with van der Waals surface area (Å²) in [6.07, 6.45) is 2.13. The van der Waals surface area contributed by atoms with Crippen LogP contribution in [0.5, 0.6) is 0 Å². The standard InChI is InChI=1S/C13H18FN/c1-11-7-8-13(9-14)15(11)10-12-5-3-2-4-6-12/h2-6,11,13H,7-10H2,1H3. The van der Waals surface area contributed by atoms with Gasteiger partial charge in [0.1, 0.15) is 6.67 Å². The second-order valence-corrected chi connectivity index (χ2v) is 4.39. The van der Waals surface area contributed by atoms with Crippen molar-refractivity contribution in [3.63, 3.8) is 0 Å². The molecule has 2 heteroatoms. The third-order valence-electron chi connectivity index (χ3n) is 3.34. The van der Waals surface area contributed by atoms with E-state index in [-0.39, 0.29) is 12.7 Å². The first-order valence-electron chi connectivity index (χ1n) is 5.67. The number of hydrogen-bond acceptors (Lipinski definition) is 1. The molecule has 1 saturated heterocycles. The van der Waals surface area contributed by atoms with E-state index in [2.05, 4.69) is 24.0 Å². The smallest absolute Gasteiger partial charge is 0.105 e. The van der Waals surface area contributed by atoms with Gasteiger partial charge in [-0.05, 0) is 25.3 Å². The molecule has 15 heavy (non-hydrogen) atoms. The van der Waals surface area contributed by atoms with Crippen molar-refractivity contribution in [2.45, 2.75) is 38.4 Å². The van der Waals surface area contributed by atoms with E-state index < -0.39 is 0 Å². The van der Waals surface area contributed by atoms with E-state index in [1.165, 1.54) is 5.56 Å². The lowest BCUT2D eigenvalue weighted by atomic mass is 10.2. The van der Waals surface area contributed by atoms with Gasteiger partial charge in [0.2, 0.25) is 0 Å². The van der Waals surface area contributed by atoms with E-state index in [4.69, 9.17) is 0 Å². The second kappa shape index (κ2) is 4.75. The highest BCUT2D eigenvalue weighted by molar-refractivity contribution is 5.15. The molecule has 2 atom stereocenters. The van der Waals surface area contributed by atoms with E-state index in [0.29, 0.717) is 6.04 Å². The molecule has 0 radical (unpaired) electrons. The van der Waals surface area contributed by atoms with Gasteiger partial charge in [-0.1, -0.05) is 30.3 Å². The first-order valence-corrected chi connectivity index (χ1v) is 5.67. The first-order chi connectivity index (χ1) is 7.31. The Kier molecular flexibility index (Phi) is 3.37. The van der Waals surface area contributed by atoms with Gasteiger partial charge in [0.25, 0.3) is 0 Å². The van der Waals surface area contributed by atoms with Crippen LogP contribution in [0.4, 0.5) is 4.39 Å². The van der Waals surface area contributed by atoms with Crippen LogP contribution in [0.15, 0.2) is 30.3 Å². The molecule has 1 aliphatic rings. The maximum absolute atomic E-state index is 12.8. The number of alkyl halides is 1. The maximum atomic E-state index is 12.8. The summed E-state index contributed by atoms with van der Waals surface area (Å²) in [5, 5.41) is 0. The van der Waals surface area contributed by atoms with Crippen LogP contribution in [0, 0.1) is 0 Å². The van der Waals surface area contributed by atoms with Crippen molar-refractivity contribution >= 4 is 0 Å². The van der Waals surface area contributed by atoms with E-state index in [9.17, 15) is 4.39 Å². The van der Waals surface area contributed by atoms with Crippen LogP contribution in [-0.2, 0) is 6.54 Å². The van der Waals surface area contributed by atoms with Crippen molar-refractivity contribution in [3.8, 4) is 0 Å². The molecule has 0 saturated carbocycles. The lowest BCUT2D eigenvalue weighted by molar-refractivity contribution is 0.167. The fraction of sp³-hybridized carbons (Fsp3) is 0.538. The summed E-state index contributed by atoms with van der Waals surface area (Å²) in [5.74, 6) is 0. The minimum Gasteiger partial charge on any atom is -0.291 e. The van der Waals surface area contributed by atoms with E-state index in [1.807, 2.05) is 18.2 Å². The van der Waals surface area contributed by atoms with Gasteiger partial charge in [0, 0.05) is 18.6 Å². The van der Waals surface area contributed by atoms with Crippen LogP contribution in [0.2, 0.25) is 0 Å². The van der Waals surface area contributed by atoms with Crippen molar-refractivity contribution < 1.29 is 4.39 Å². The van der Waals surface area contributed by atoms with Crippen LogP contribution in [-0.4, -0.2) is 23.7 Å². The number of likely N-dealkylation sites (tertiary alicyclic amines) is 1. The zero-order valence-corrected chi connectivity index (χ0v) is 9.20. The molecule has 0 amide bonds. The molecule has 1 fully saturated rings. The molecule has 1 aliphatic heterocycles. The van der Waals surface area contributed by atoms with Crippen LogP contribution in [0.3, 0.4) is 0 Å². The van der Waals surface area contributed by atoms with E-state index >= 15 is 0 Å². The summed E-state index contributed by atoms with van der Waals surface area (Å²) in [7, 11) is 0. The van der Waals surface area contributed by atoms with Gasteiger partial charge in [0.05, 0.1) is 0 Å². The topological polar surface area (TPSA) is 3.24 Å². The third-order valence-corrected chi connectivity index (χ3v) is 3.34. The summed E-state index contributed by atoms with van der Waals surface area (Å²) in [4.78, 5) is 2.29. The number of rotatable bonds is 3. The Morgan fingerprint density at radius 2 is 2.00 bits per heavy atom. The minimum atomic E-state index is -0.211. The monoisotopic (exact) mass is 207 g/mol. The fourth-order valence-corrected chi connectivity index (χ4v) is 2.37. The lowest BCUT2D eigenvalue weighted by Gasteiger charge is -2.26. The molecule has 2 rings (SSSR count). The third kappa shape index (κ3) is 2.37. The molecule has 1 nitrogen and oxygen atoms in total. The molecule has 1 aromatic carbocycles. The van der Waals surface area contributed by atoms with Crippen molar-refractivity contribution in [1.82, 2.24) is 4.90 Å². The summed E-state index contributed by atoms with van der Waals surface area (Å²) in [6, 6.07) is 11.0. The summed E-state index contributed by atoms with van der Waals surface area (Å²) in [5.41, 5.74) is 1.28. The number of benzene rings is 1. The molecule has 1 heterocycles. The zero-order valence-electron chi connectivity index (χ0n) is 9.20. The highest BCUT2D eigenvalue weighted by Crippen LogP contribution is 2.26. The molecule has 82 valence electrons. The molecule has 0 spiro atoms. The number of hydrogen-bond donors (Lipinski definition) is 0. The van der Waals surface area contributed by atoms with Gasteiger partial charge in [0.15, 0.2) is 0 Å². The first kappa shape index (κ1) is 10.6. The van der Waals surface area contributed by atoms with Gasteiger partial charge in [-0.3, -0.25) is 4.90 Å². The van der Waals surface area contributed by atoms with Crippen molar-refractivity contribution in [2.75, 3.05) is 6.67 Å². The molecule has 0 aliphatic carbocycles. The normalized spacial score (nSPS) is 27.1. The summed E-state index contributed by atoms with van der Waals surface area (Å²) >= 11 is 0. The van der Waals surface area contributed by atoms with E-state index in [0.717, 1.165) is 19.4 Å². The van der Waals surface area contributed by atoms with Crippen LogP contribution >= 0.6 is 0 Å². The lowest BCUT2D eigenvalue weighted by Crippen LogP contribution is -2.35. The minimum absolute atomic E-state index is 0.139. The number of nitrogens with zero attached hydrogens (tertiary/aromatic N) is 1. The van der Waals surface area contributed by atoms with Gasteiger partial charge >= 0.3 is 0 Å². The van der Waals surface area contributed by atoms with Gasteiger partial charge in [-0.25, -0.2) is 4.39 Å². The Bertz CT molecular complexity index is 299. The van der Waals surface area contributed by atoms with Gasteiger partial charge in [-0.15, -0.1) is 0 Å². The predicted octanol–water partition coefficient (Wildman–Crippen LogP) is 3.01. The largest absolute Gasteiger partial charge is 0.291 e. The van der Waals surface area contributed by atoms with Gasteiger partial charge in [-0.2, -0.15) is 0 Å². The molecule has 2 unspecified atom stereocenters. The summed E-state index contributed by atoms with van der Waals surface area (Å²) < 4.78 is 12.8. The highest BCUT2D eigenvalue weighted by atomic mass is 19.1. The maximum Gasteiger partial charge on any atom is 0.105 e. The van der Waals surface area contributed by atoms with Crippen molar-refractivity contribution in [2.24, 2.45) is 0 Å². The Balaban J connectivity index is 2.04. The average Bonchev–Trinajstić information content (AvgIpc) is 2.62. The predicted molar refractivity (Wildman–Crippen MR) is 60.4 cm³/mol. The molecular formula is C13H18FN. The molecule has 0 bridgehead atoms. The molecule has 0 aromatic heterocycles. The Morgan fingerprint density at radius 1 is 1.27 bits per heavy atom. The average molecular weight is 207 g/mol. The molecule has 1 aromatic rings.